The van der Waals surface area contributed by atoms with Gasteiger partial charge in [-0.05, 0) is 53.8 Å². The van der Waals surface area contributed by atoms with Gasteiger partial charge in [-0.2, -0.15) is 0 Å². The molecule has 1 aromatic heterocycles. The number of fused-ring (bicyclic) bond motifs is 1. The summed E-state index contributed by atoms with van der Waals surface area (Å²) < 4.78 is 20.4. The number of unbranched alkanes of at least 4 members (excludes halogenated alkanes) is 2. The van der Waals surface area contributed by atoms with Gasteiger partial charge in [0.2, 0.25) is 0 Å². The van der Waals surface area contributed by atoms with Crippen molar-refractivity contribution in [3.05, 3.63) is 81.2 Å². The van der Waals surface area contributed by atoms with Crippen LogP contribution in [-0.2, 0) is 25.7 Å². The number of hydrogen-bond acceptors (Lipinski definition) is 2. The van der Waals surface area contributed by atoms with E-state index in [0.717, 1.165) is 44.9 Å². The molecule has 0 aliphatic rings. The highest BCUT2D eigenvalue weighted by molar-refractivity contribution is 5.82. The lowest BCUT2D eigenvalue weighted by atomic mass is 9.99. The SMILES string of the molecule is CCCCCc1cc2ccc(CCc3ccc(CCC)cc3)c(F)c2c(=O)o1. The van der Waals surface area contributed by atoms with E-state index in [1.165, 1.54) is 11.1 Å². The summed E-state index contributed by atoms with van der Waals surface area (Å²) in [4.78, 5) is 12.4. The number of rotatable bonds is 9. The number of aryl methyl sites for hydroxylation is 4. The molecular weight excluding hydrogens is 351 g/mol. The zero-order chi connectivity index (χ0) is 19.9. The van der Waals surface area contributed by atoms with E-state index in [9.17, 15) is 9.18 Å². The second kappa shape index (κ2) is 9.68. The minimum Gasteiger partial charge on any atom is -0.427 e. The molecule has 3 rings (SSSR count). The lowest BCUT2D eigenvalue weighted by Crippen LogP contribution is -2.07. The number of hydrogen-bond donors (Lipinski definition) is 0. The van der Waals surface area contributed by atoms with Crippen molar-refractivity contribution in [2.24, 2.45) is 0 Å². The van der Waals surface area contributed by atoms with Crippen molar-refractivity contribution in [2.75, 3.05) is 0 Å². The molecule has 3 aromatic rings. The molecule has 1 heterocycles. The lowest BCUT2D eigenvalue weighted by molar-refractivity contribution is 0.455. The van der Waals surface area contributed by atoms with Crippen LogP contribution in [0.25, 0.3) is 10.8 Å². The molecule has 2 aromatic carbocycles. The Morgan fingerprint density at radius 3 is 2.21 bits per heavy atom. The first-order valence-electron chi connectivity index (χ1n) is 10.4. The van der Waals surface area contributed by atoms with Gasteiger partial charge in [-0.25, -0.2) is 9.18 Å². The molecule has 0 saturated carbocycles. The van der Waals surface area contributed by atoms with Gasteiger partial charge in [0.15, 0.2) is 0 Å². The van der Waals surface area contributed by atoms with Crippen LogP contribution in [0, 0.1) is 5.82 Å². The van der Waals surface area contributed by atoms with Gasteiger partial charge in [-0.1, -0.05) is 69.5 Å². The Labute approximate surface area is 166 Å². The number of benzene rings is 2. The van der Waals surface area contributed by atoms with E-state index in [-0.39, 0.29) is 5.39 Å². The molecular formula is C25H29FO2. The van der Waals surface area contributed by atoms with Crippen LogP contribution in [0.1, 0.15) is 62.0 Å². The van der Waals surface area contributed by atoms with E-state index >= 15 is 0 Å². The molecule has 0 aliphatic heterocycles. The summed E-state index contributed by atoms with van der Waals surface area (Å²) in [5.41, 5.74) is 2.51. The van der Waals surface area contributed by atoms with Crippen molar-refractivity contribution >= 4 is 10.8 Å². The van der Waals surface area contributed by atoms with E-state index in [1.54, 1.807) is 6.07 Å². The molecule has 148 valence electrons. The maximum atomic E-state index is 15.0. The van der Waals surface area contributed by atoms with Crippen LogP contribution in [0.15, 0.2) is 51.7 Å². The first kappa shape index (κ1) is 20.3. The summed E-state index contributed by atoms with van der Waals surface area (Å²) in [5.74, 6) is 0.208. The molecule has 0 N–H and O–H groups in total. The Bertz CT molecular complexity index is 970. The summed E-state index contributed by atoms with van der Waals surface area (Å²) in [7, 11) is 0. The summed E-state index contributed by atoms with van der Waals surface area (Å²) in [6, 6.07) is 14.0. The van der Waals surface area contributed by atoms with Gasteiger partial charge >= 0.3 is 5.63 Å². The molecule has 2 nitrogen and oxygen atoms in total. The van der Waals surface area contributed by atoms with Crippen molar-refractivity contribution in [1.29, 1.82) is 0 Å². The maximum absolute atomic E-state index is 15.0. The van der Waals surface area contributed by atoms with E-state index in [4.69, 9.17) is 4.42 Å². The predicted octanol–water partition coefficient (Wildman–Crippen LogP) is 6.40. The summed E-state index contributed by atoms with van der Waals surface area (Å²) in [6.45, 7) is 4.30. The lowest BCUT2D eigenvalue weighted by Gasteiger charge is -2.08. The van der Waals surface area contributed by atoms with E-state index in [2.05, 4.69) is 38.1 Å². The minimum atomic E-state index is -0.563. The van der Waals surface area contributed by atoms with Crippen LogP contribution >= 0.6 is 0 Å². The van der Waals surface area contributed by atoms with E-state index in [0.29, 0.717) is 23.1 Å². The van der Waals surface area contributed by atoms with Gasteiger partial charge in [0.05, 0.1) is 0 Å². The molecule has 0 saturated heterocycles. The monoisotopic (exact) mass is 380 g/mol. The van der Waals surface area contributed by atoms with E-state index in [1.807, 2.05) is 12.1 Å². The Kier molecular flexibility index (Phi) is 7.02. The highest BCUT2D eigenvalue weighted by Gasteiger charge is 2.13. The zero-order valence-electron chi connectivity index (χ0n) is 16.9. The molecule has 0 spiro atoms. The summed E-state index contributed by atoms with van der Waals surface area (Å²) in [6.07, 6.45) is 7.41. The molecule has 0 radical (unpaired) electrons. The van der Waals surface area contributed by atoms with Crippen molar-refractivity contribution in [3.63, 3.8) is 0 Å². The Morgan fingerprint density at radius 2 is 1.54 bits per heavy atom. The summed E-state index contributed by atoms with van der Waals surface area (Å²) in [5, 5.41) is 0.711. The second-order valence-electron chi connectivity index (χ2n) is 7.53. The quantitative estimate of drug-likeness (QED) is 0.402. The topological polar surface area (TPSA) is 30.2 Å². The second-order valence-corrected chi connectivity index (χ2v) is 7.53. The van der Waals surface area contributed by atoms with Crippen molar-refractivity contribution in [3.8, 4) is 0 Å². The highest BCUT2D eigenvalue weighted by atomic mass is 19.1. The fourth-order valence-electron chi connectivity index (χ4n) is 3.64. The smallest absolute Gasteiger partial charge is 0.346 e. The average Bonchev–Trinajstić information content (AvgIpc) is 2.69. The summed E-state index contributed by atoms with van der Waals surface area (Å²) >= 11 is 0. The Balaban J connectivity index is 1.77. The molecule has 28 heavy (non-hydrogen) atoms. The van der Waals surface area contributed by atoms with Crippen LogP contribution in [0.2, 0.25) is 0 Å². The van der Waals surface area contributed by atoms with Crippen LogP contribution in [0.4, 0.5) is 4.39 Å². The molecule has 3 heteroatoms. The van der Waals surface area contributed by atoms with Gasteiger partial charge in [-0.15, -0.1) is 0 Å². The molecule has 0 fully saturated rings. The third kappa shape index (κ3) is 4.89. The van der Waals surface area contributed by atoms with Crippen molar-refractivity contribution in [2.45, 2.75) is 65.2 Å². The first-order chi connectivity index (χ1) is 13.6. The van der Waals surface area contributed by atoms with Crippen LogP contribution in [0.3, 0.4) is 0 Å². The average molecular weight is 381 g/mol. The number of halogens is 1. The highest BCUT2D eigenvalue weighted by Crippen LogP contribution is 2.22. The fraction of sp³-hybridized carbons (Fsp3) is 0.400. The van der Waals surface area contributed by atoms with Gasteiger partial charge in [0, 0.05) is 6.42 Å². The normalized spacial score (nSPS) is 11.2. The minimum absolute atomic E-state index is 0.0787. The van der Waals surface area contributed by atoms with Crippen LogP contribution < -0.4 is 5.63 Å². The van der Waals surface area contributed by atoms with Crippen molar-refractivity contribution < 1.29 is 8.81 Å². The molecule has 0 unspecified atom stereocenters. The zero-order valence-corrected chi connectivity index (χ0v) is 16.9. The van der Waals surface area contributed by atoms with Gasteiger partial charge in [0.1, 0.15) is 17.0 Å². The van der Waals surface area contributed by atoms with Gasteiger partial charge in [0.25, 0.3) is 0 Å². The Hall–Kier alpha value is -2.42. The first-order valence-corrected chi connectivity index (χ1v) is 10.4. The standard InChI is InChI=1S/C25H29FO2/c1-3-5-6-8-22-17-21-16-15-20(24(26)23(21)25(27)28-22)14-13-19-11-9-18(7-4-2)10-12-19/h9-12,15-17H,3-8,13-14H2,1-2H3. The molecule has 0 atom stereocenters. The Morgan fingerprint density at radius 1 is 0.821 bits per heavy atom. The molecule has 0 aliphatic carbocycles. The van der Waals surface area contributed by atoms with Crippen LogP contribution in [0.5, 0.6) is 0 Å². The predicted molar refractivity (Wildman–Crippen MR) is 114 cm³/mol. The fourth-order valence-corrected chi connectivity index (χ4v) is 3.64. The molecule has 0 bridgehead atoms. The van der Waals surface area contributed by atoms with Crippen LogP contribution in [-0.4, -0.2) is 0 Å². The maximum Gasteiger partial charge on any atom is 0.346 e. The third-order valence-electron chi connectivity index (χ3n) is 5.27. The third-order valence-corrected chi connectivity index (χ3v) is 5.27. The van der Waals surface area contributed by atoms with Gasteiger partial charge in [-0.3, -0.25) is 0 Å². The van der Waals surface area contributed by atoms with Crippen molar-refractivity contribution in [1.82, 2.24) is 0 Å². The molecule has 0 amide bonds. The largest absolute Gasteiger partial charge is 0.427 e. The van der Waals surface area contributed by atoms with Gasteiger partial charge < -0.3 is 4.42 Å². The van der Waals surface area contributed by atoms with E-state index < -0.39 is 11.4 Å².